The maximum absolute atomic E-state index is 5.86. The Morgan fingerprint density at radius 1 is 1.07 bits per heavy atom. The van der Waals surface area contributed by atoms with Gasteiger partial charge in [-0.05, 0) is 55.3 Å². The van der Waals surface area contributed by atoms with Crippen LogP contribution in [0.3, 0.4) is 0 Å². The lowest BCUT2D eigenvalue weighted by Crippen LogP contribution is -2.02. The molecule has 3 heterocycles. The minimum absolute atomic E-state index is 0.263. The highest BCUT2D eigenvalue weighted by Gasteiger charge is 2.13. The first-order valence-corrected chi connectivity index (χ1v) is 8.91. The molecular formula is C21H21N5O. The molecule has 0 aliphatic heterocycles. The summed E-state index contributed by atoms with van der Waals surface area (Å²) in [6.45, 7) is 4.65. The molecule has 3 aromatic heterocycles. The molecule has 0 spiro atoms. The summed E-state index contributed by atoms with van der Waals surface area (Å²) in [4.78, 5) is 16.4. The van der Waals surface area contributed by atoms with Crippen LogP contribution in [0.15, 0.2) is 48.9 Å². The van der Waals surface area contributed by atoms with Gasteiger partial charge in [-0.15, -0.1) is 0 Å². The van der Waals surface area contributed by atoms with E-state index in [0.29, 0.717) is 13.0 Å². The van der Waals surface area contributed by atoms with Crippen molar-refractivity contribution in [3.05, 3.63) is 65.6 Å². The summed E-state index contributed by atoms with van der Waals surface area (Å²) in [6.07, 6.45) is 6.35. The van der Waals surface area contributed by atoms with Crippen molar-refractivity contribution in [2.45, 2.75) is 20.3 Å². The van der Waals surface area contributed by atoms with Gasteiger partial charge >= 0.3 is 0 Å². The molecule has 0 radical (unpaired) electrons. The molecule has 6 heteroatoms. The molecule has 3 N–H and O–H groups in total. The van der Waals surface area contributed by atoms with Crippen molar-refractivity contribution in [2.24, 2.45) is 0 Å². The number of rotatable bonds is 5. The molecule has 0 unspecified atom stereocenters. The van der Waals surface area contributed by atoms with Crippen molar-refractivity contribution in [3.8, 4) is 17.0 Å². The van der Waals surface area contributed by atoms with Crippen molar-refractivity contribution >= 4 is 17.0 Å². The minimum Gasteiger partial charge on any atom is -0.494 e. The largest absolute Gasteiger partial charge is 0.494 e. The maximum atomic E-state index is 5.86. The second-order valence-corrected chi connectivity index (χ2v) is 6.46. The van der Waals surface area contributed by atoms with E-state index in [1.807, 2.05) is 50.5 Å². The van der Waals surface area contributed by atoms with E-state index in [0.717, 1.165) is 44.7 Å². The first kappa shape index (κ1) is 17.0. The lowest BCUT2D eigenvalue weighted by molar-refractivity contribution is 0.340. The van der Waals surface area contributed by atoms with Gasteiger partial charge in [-0.25, -0.2) is 15.0 Å². The maximum Gasteiger partial charge on any atom is 0.220 e. The number of nitrogens with one attached hydrogen (secondary N) is 1. The van der Waals surface area contributed by atoms with Crippen molar-refractivity contribution < 1.29 is 4.74 Å². The van der Waals surface area contributed by atoms with Crippen molar-refractivity contribution in [1.82, 2.24) is 19.9 Å². The van der Waals surface area contributed by atoms with Crippen LogP contribution < -0.4 is 10.5 Å². The van der Waals surface area contributed by atoms with Crippen LogP contribution in [-0.4, -0.2) is 26.5 Å². The van der Waals surface area contributed by atoms with E-state index in [9.17, 15) is 0 Å². The fraction of sp³-hybridized carbons (Fsp3) is 0.190. The number of aromatic nitrogens is 4. The Hall–Kier alpha value is -3.41. The highest BCUT2D eigenvalue weighted by molar-refractivity contribution is 5.81. The summed E-state index contributed by atoms with van der Waals surface area (Å²) in [5.41, 5.74) is 11.9. The van der Waals surface area contributed by atoms with Gasteiger partial charge in [0, 0.05) is 41.5 Å². The molecule has 6 nitrogen and oxygen atoms in total. The van der Waals surface area contributed by atoms with Crippen LogP contribution in [-0.2, 0) is 6.42 Å². The van der Waals surface area contributed by atoms with Gasteiger partial charge in [-0.3, -0.25) is 0 Å². The first-order chi connectivity index (χ1) is 13.1. The van der Waals surface area contributed by atoms with E-state index in [2.05, 4.69) is 26.0 Å². The lowest BCUT2D eigenvalue weighted by atomic mass is 10.0. The first-order valence-electron chi connectivity index (χ1n) is 8.91. The Morgan fingerprint density at radius 3 is 2.67 bits per heavy atom. The number of H-pyrrole nitrogens is 1. The van der Waals surface area contributed by atoms with E-state index in [1.165, 1.54) is 0 Å². The molecule has 0 bridgehead atoms. The zero-order valence-electron chi connectivity index (χ0n) is 15.4. The molecular weight excluding hydrogens is 338 g/mol. The van der Waals surface area contributed by atoms with Gasteiger partial charge in [0.2, 0.25) is 5.95 Å². The molecule has 136 valence electrons. The molecule has 0 fully saturated rings. The quantitative estimate of drug-likeness (QED) is 0.564. The van der Waals surface area contributed by atoms with E-state index < -0.39 is 0 Å². The number of hydrogen-bond acceptors (Lipinski definition) is 5. The number of aryl methyl sites for hydroxylation is 1. The van der Waals surface area contributed by atoms with Crippen LogP contribution in [0, 0.1) is 6.92 Å². The van der Waals surface area contributed by atoms with Gasteiger partial charge in [-0.2, -0.15) is 0 Å². The molecule has 0 aliphatic rings. The van der Waals surface area contributed by atoms with E-state index in [4.69, 9.17) is 10.5 Å². The number of pyridine rings is 1. The summed E-state index contributed by atoms with van der Waals surface area (Å²) in [7, 11) is 0. The Bertz CT molecular complexity index is 1090. The number of hydrogen-bond donors (Lipinski definition) is 2. The SMILES string of the molecule is CCOc1ccc(-c2nc(N)ncc2Cc2c[nH]c3ncc(C)cc23)cc1. The molecule has 0 amide bonds. The van der Waals surface area contributed by atoms with Gasteiger partial charge in [0.05, 0.1) is 12.3 Å². The third-order valence-corrected chi connectivity index (χ3v) is 4.46. The number of anilines is 1. The number of nitrogens with zero attached hydrogens (tertiary/aromatic N) is 3. The van der Waals surface area contributed by atoms with Crippen LogP contribution in [0.4, 0.5) is 5.95 Å². The normalized spacial score (nSPS) is 11.0. The standard InChI is InChI=1S/C21H21N5O/c1-3-27-17-6-4-14(5-7-17)19-16(12-25-21(22)26-19)9-15-11-24-20-18(15)8-13(2)10-23-20/h4-8,10-12H,3,9H2,1-2H3,(H,23,24)(H2,22,25,26). The summed E-state index contributed by atoms with van der Waals surface area (Å²) < 4.78 is 5.53. The number of nitrogen functional groups attached to an aromatic ring is 1. The topological polar surface area (TPSA) is 89.7 Å². The third-order valence-electron chi connectivity index (χ3n) is 4.46. The highest BCUT2D eigenvalue weighted by Crippen LogP contribution is 2.28. The van der Waals surface area contributed by atoms with Crippen LogP contribution >= 0.6 is 0 Å². The average Bonchev–Trinajstić information content (AvgIpc) is 3.06. The number of fused-ring (bicyclic) bond motifs is 1. The number of aromatic amines is 1. The number of ether oxygens (including phenoxy) is 1. The van der Waals surface area contributed by atoms with Crippen LogP contribution in [0.1, 0.15) is 23.6 Å². The monoisotopic (exact) mass is 359 g/mol. The van der Waals surface area contributed by atoms with Crippen LogP contribution in [0.25, 0.3) is 22.3 Å². The zero-order chi connectivity index (χ0) is 18.8. The van der Waals surface area contributed by atoms with E-state index in [-0.39, 0.29) is 5.95 Å². The van der Waals surface area contributed by atoms with Crippen molar-refractivity contribution in [1.29, 1.82) is 0 Å². The fourth-order valence-electron chi connectivity index (χ4n) is 3.19. The molecule has 0 atom stereocenters. The zero-order valence-corrected chi connectivity index (χ0v) is 15.4. The summed E-state index contributed by atoms with van der Waals surface area (Å²) in [6, 6.07) is 10.0. The number of benzene rings is 1. The van der Waals surface area contributed by atoms with Crippen LogP contribution in [0.2, 0.25) is 0 Å². The minimum atomic E-state index is 0.263. The Labute approximate surface area is 157 Å². The Morgan fingerprint density at radius 2 is 1.89 bits per heavy atom. The summed E-state index contributed by atoms with van der Waals surface area (Å²) in [5.74, 6) is 1.10. The molecule has 1 aromatic carbocycles. The molecule has 4 rings (SSSR count). The van der Waals surface area contributed by atoms with Gasteiger partial charge < -0.3 is 15.5 Å². The van der Waals surface area contributed by atoms with Crippen molar-refractivity contribution in [3.63, 3.8) is 0 Å². The van der Waals surface area contributed by atoms with E-state index in [1.54, 1.807) is 6.20 Å². The van der Waals surface area contributed by atoms with Gasteiger partial charge in [-0.1, -0.05) is 0 Å². The Kier molecular flexibility index (Phi) is 4.46. The molecule has 4 aromatic rings. The lowest BCUT2D eigenvalue weighted by Gasteiger charge is -2.10. The average molecular weight is 359 g/mol. The predicted octanol–water partition coefficient (Wildman–Crippen LogP) is 3.90. The van der Waals surface area contributed by atoms with Gasteiger partial charge in [0.15, 0.2) is 0 Å². The van der Waals surface area contributed by atoms with Crippen molar-refractivity contribution in [2.75, 3.05) is 12.3 Å². The number of nitrogens with two attached hydrogens (primary N) is 1. The third kappa shape index (κ3) is 3.46. The molecule has 0 saturated carbocycles. The van der Waals surface area contributed by atoms with Crippen LogP contribution in [0.5, 0.6) is 5.75 Å². The fourth-order valence-corrected chi connectivity index (χ4v) is 3.19. The smallest absolute Gasteiger partial charge is 0.220 e. The highest BCUT2D eigenvalue weighted by atomic mass is 16.5. The Balaban J connectivity index is 1.73. The van der Waals surface area contributed by atoms with Gasteiger partial charge in [0.25, 0.3) is 0 Å². The summed E-state index contributed by atoms with van der Waals surface area (Å²) in [5, 5.41) is 1.12. The van der Waals surface area contributed by atoms with Gasteiger partial charge in [0.1, 0.15) is 11.4 Å². The molecule has 27 heavy (non-hydrogen) atoms. The second-order valence-electron chi connectivity index (χ2n) is 6.46. The molecule has 0 saturated heterocycles. The predicted molar refractivity (Wildman–Crippen MR) is 107 cm³/mol. The summed E-state index contributed by atoms with van der Waals surface area (Å²) >= 11 is 0. The molecule has 0 aliphatic carbocycles. The second kappa shape index (κ2) is 7.07. The van der Waals surface area contributed by atoms with E-state index >= 15 is 0 Å².